The molecule has 2 fully saturated rings. The normalized spacial score (nSPS) is 26.0. The van der Waals surface area contributed by atoms with Gasteiger partial charge >= 0.3 is 5.97 Å². The molecule has 2 heterocycles. The number of methoxy groups -OCH3 is 3. The fraction of sp³-hybridized carbons (Fsp3) is 0.458. The van der Waals surface area contributed by atoms with Gasteiger partial charge in [0.25, 0.3) is 0 Å². The minimum Gasteiger partial charge on any atom is -0.497 e. The second kappa shape index (κ2) is 7.97. The van der Waals surface area contributed by atoms with Crippen molar-refractivity contribution in [2.45, 2.75) is 49.6 Å². The SMILES string of the molecule is COC(=O)C1(c2cccc(OC)c2)C[C@H]2CCC[C@@H](C1)N2c1ccccc1OC. The van der Waals surface area contributed by atoms with Gasteiger partial charge in [-0.2, -0.15) is 0 Å². The summed E-state index contributed by atoms with van der Waals surface area (Å²) in [5.74, 6) is 1.50. The van der Waals surface area contributed by atoms with E-state index < -0.39 is 5.41 Å². The van der Waals surface area contributed by atoms with Gasteiger partial charge in [0.1, 0.15) is 11.5 Å². The van der Waals surface area contributed by atoms with Crippen molar-refractivity contribution >= 4 is 11.7 Å². The minimum absolute atomic E-state index is 0.151. The number of carbonyl (C=O) groups excluding carboxylic acids is 1. The Kier molecular flexibility index (Phi) is 5.39. The van der Waals surface area contributed by atoms with Crippen molar-refractivity contribution < 1.29 is 19.0 Å². The summed E-state index contributed by atoms with van der Waals surface area (Å²) in [4.78, 5) is 15.7. The summed E-state index contributed by atoms with van der Waals surface area (Å²) in [5.41, 5.74) is 1.45. The molecule has 2 bridgehead atoms. The van der Waals surface area contributed by atoms with E-state index in [1.54, 1.807) is 14.2 Å². The van der Waals surface area contributed by atoms with Crippen LogP contribution in [0.15, 0.2) is 48.5 Å². The summed E-state index contributed by atoms with van der Waals surface area (Å²) in [6, 6.07) is 16.6. The average molecular weight is 395 g/mol. The van der Waals surface area contributed by atoms with Gasteiger partial charge in [0.15, 0.2) is 0 Å². The van der Waals surface area contributed by atoms with Gasteiger partial charge in [-0.3, -0.25) is 4.79 Å². The predicted octanol–water partition coefficient (Wildman–Crippen LogP) is 4.34. The minimum atomic E-state index is -0.655. The van der Waals surface area contributed by atoms with Crippen LogP contribution in [0, 0.1) is 0 Å². The van der Waals surface area contributed by atoms with E-state index in [1.807, 2.05) is 36.4 Å². The predicted molar refractivity (Wildman–Crippen MR) is 113 cm³/mol. The van der Waals surface area contributed by atoms with Crippen molar-refractivity contribution in [3.8, 4) is 11.5 Å². The number of nitrogens with zero attached hydrogens (tertiary/aromatic N) is 1. The first-order valence-corrected chi connectivity index (χ1v) is 10.3. The molecule has 2 aromatic rings. The van der Waals surface area contributed by atoms with Gasteiger partial charge in [-0.25, -0.2) is 0 Å². The Balaban J connectivity index is 1.77. The fourth-order valence-corrected chi connectivity index (χ4v) is 5.33. The number of rotatable bonds is 5. The Morgan fingerprint density at radius 3 is 2.34 bits per heavy atom. The first-order valence-electron chi connectivity index (χ1n) is 10.3. The highest BCUT2D eigenvalue weighted by atomic mass is 16.5. The Bertz CT molecular complexity index is 867. The number of para-hydroxylation sites is 2. The Labute approximate surface area is 172 Å². The van der Waals surface area contributed by atoms with E-state index in [9.17, 15) is 4.79 Å². The molecule has 3 atom stereocenters. The maximum atomic E-state index is 13.2. The van der Waals surface area contributed by atoms with E-state index in [4.69, 9.17) is 14.2 Å². The number of ether oxygens (including phenoxy) is 3. The summed E-state index contributed by atoms with van der Waals surface area (Å²) >= 11 is 0. The van der Waals surface area contributed by atoms with E-state index >= 15 is 0 Å². The molecule has 5 nitrogen and oxygen atoms in total. The fourth-order valence-electron chi connectivity index (χ4n) is 5.33. The van der Waals surface area contributed by atoms with E-state index in [0.29, 0.717) is 0 Å². The number of anilines is 1. The van der Waals surface area contributed by atoms with Crippen molar-refractivity contribution in [2.24, 2.45) is 0 Å². The monoisotopic (exact) mass is 395 g/mol. The highest BCUT2D eigenvalue weighted by molar-refractivity contribution is 5.84. The lowest BCUT2D eigenvalue weighted by atomic mass is 9.64. The maximum absolute atomic E-state index is 13.2. The van der Waals surface area contributed by atoms with Crippen LogP contribution in [0.5, 0.6) is 11.5 Å². The van der Waals surface area contributed by atoms with Gasteiger partial charge in [0, 0.05) is 12.1 Å². The molecule has 154 valence electrons. The third kappa shape index (κ3) is 3.33. The lowest BCUT2D eigenvalue weighted by molar-refractivity contribution is -0.149. The van der Waals surface area contributed by atoms with Crippen molar-refractivity contribution in [2.75, 3.05) is 26.2 Å². The molecule has 0 aliphatic carbocycles. The number of piperidine rings is 2. The number of carbonyl (C=O) groups is 1. The van der Waals surface area contributed by atoms with Gasteiger partial charge in [0.05, 0.1) is 32.4 Å². The summed E-state index contributed by atoms with van der Waals surface area (Å²) in [6.45, 7) is 0. The zero-order valence-corrected chi connectivity index (χ0v) is 17.4. The van der Waals surface area contributed by atoms with Crippen LogP contribution in [0.4, 0.5) is 5.69 Å². The van der Waals surface area contributed by atoms with Crippen LogP contribution in [-0.2, 0) is 14.9 Å². The van der Waals surface area contributed by atoms with Crippen molar-refractivity contribution in [3.63, 3.8) is 0 Å². The molecule has 29 heavy (non-hydrogen) atoms. The number of hydrogen-bond donors (Lipinski definition) is 0. The summed E-state index contributed by atoms with van der Waals surface area (Å²) in [6.07, 6.45) is 4.73. The first kappa shape index (κ1) is 19.6. The number of hydrogen-bond acceptors (Lipinski definition) is 5. The molecular weight excluding hydrogens is 366 g/mol. The van der Waals surface area contributed by atoms with E-state index in [2.05, 4.69) is 17.0 Å². The lowest BCUT2D eigenvalue weighted by Gasteiger charge is -2.54. The summed E-state index contributed by atoms with van der Waals surface area (Å²) in [7, 11) is 4.86. The Morgan fingerprint density at radius 2 is 1.69 bits per heavy atom. The molecule has 2 saturated heterocycles. The van der Waals surface area contributed by atoms with Crippen molar-refractivity contribution in [3.05, 3.63) is 54.1 Å². The lowest BCUT2D eigenvalue weighted by Crippen LogP contribution is -2.59. The van der Waals surface area contributed by atoms with Gasteiger partial charge < -0.3 is 19.1 Å². The van der Waals surface area contributed by atoms with Crippen LogP contribution in [-0.4, -0.2) is 39.4 Å². The van der Waals surface area contributed by atoms with Gasteiger partial charge in [-0.15, -0.1) is 0 Å². The average Bonchev–Trinajstić information content (AvgIpc) is 2.77. The molecule has 0 radical (unpaired) electrons. The standard InChI is InChI=1S/C24H29NO4/c1-27-20-11-6-8-17(14-20)24(23(26)29-3)15-18-9-7-10-19(16-24)25(18)21-12-4-5-13-22(21)28-2/h4-6,8,11-14,18-19H,7,9-10,15-16H2,1-3H3/t18-,19+,24?. The first-order chi connectivity index (χ1) is 14.1. The molecule has 5 heteroatoms. The van der Waals surface area contributed by atoms with Crippen molar-refractivity contribution in [1.29, 1.82) is 0 Å². The summed E-state index contributed by atoms with van der Waals surface area (Å²) in [5, 5.41) is 0. The van der Waals surface area contributed by atoms with Gasteiger partial charge in [0.2, 0.25) is 0 Å². The molecule has 2 aliphatic rings. The molecule has 0 amide bonds. The van der Waals surface area contributed by atoms with Crippen LogP contribution in [0.3, 0.4) is 0 Å². The van der Waals surface area contributed by atoms with Crippen LogP contribution < -0.4 is 14.4 Å². The Morgan fingerprint density at radius 1 is 0.966 bits per heavy atom. The van der Waals surface area contributed by atoms with Crippen molar-refractivity contribution in [1.82, 2.24) is 0 Å². The molecular formula is C24H29NO4. The highest BCUT2D eigenvalue weighted by Crippen LogP contribution is 2.50. The zero-order chi connectivity index (χ0) is 20.4. The molecule has 0 saturated carbocycles. The highest BCUT2D eigenvalue weighted by Gasteiger charge is 2.52. The second-order valence-corrected chi connectivity index (χ2v) is 8.03. The topological polar surface area (TPSA) is 48.0 Å². The van der Waals surface area contributed by atoms with Crippen LogP contribution in [0.2, 0.25) is 0 Å². The molecule has 0 aromatic heterocycles. The third-order valence-electron chi connectivity index (χ3n) is 6.59. The Hall–Kier alpha value is -2.69. The number of esters is 1. The quantitative estimate of drug-likeness (QED) is 0.705. The smallest absolute Gasteiger partial charge is 0.316 e. The molecule has 2 aliphatic heterocycles. The van der Waals surface area contributed by atoms with Crippen LogP contribution in [0.1, 0.15) is 37.7 Å². The molecule has 2 aromatic carbocycles. The van der Waals surface area contributed by atoms with Crippen LogP contribution >= 0.6 is 0 Å². The van der Waals surface area contributed by atoms with Gasteiger partial charge in [-0.1, -0.05) is 24.3 Å². The molecule has 1 unspecified atom stereocenters. The van der Waals surface area contributed by atoms with E-state index in [-0.39, 0.29) is 18.1 Å². The second-order valence-electron chi connectivity index (χ2n) is 8.03. The largest absolute Gasteiger partial charge is 0.497 e. The van der Waals surface area contributed by atoms with E-state index in [0.717, 1.165) is 48.4 Å². The van der Waals surface area contributed by atoms with Gasteiger partial charge in [-0.05, 0) is 61.9 Å². The van der Waals surface area contributed by atoms with Crippen LogP contribution in [0.25, 0.3) is 0 Å². The number of fused-ring (bicyclic) bond motifs is 2. The zero-order valence-electron chi connectivity index (χ0n) is 17.4. The maximum Gasteiger partial charge on any atom is 0.316 e. The molecule has 0 spiro atoms. The number of benzene rings is 2. The van der Waals surface area contributed by atoms with E-state index in [1.165, 1.54) is 13.5 Å². The summed E-state index contributed by atoms with van der Waals surface area (Å²) < 4.78 is 16.4. The molecule has 4 rings (SSSR count). The third-order valence-corrected chi connectivity index (χ3v) is 6.59. The molecule has 0 N–H and O–H groups in total.